The molecular weight excluding hydrogens is 234 g/mol. The minimum atomic E-state index is 0.0222. The predicted molar refractivity (Wildman–Crippen MR) is 78.0 cm³/mol. The molecule has 2 aromatic rings. The van der Waals surface area contributed by atoms with E-state index in [0.29, 0.717) is 12.5 Å². The van der Waals surface area contributed by atoms with Crippen LogP contribution in [0.15, 0.2) is 60.7 Å². The van der Waals surface area contributed by atoms with Gasteiger partial charge in [0.2, 0.25) is 5.91 Å². The fourth-order valence-electron chi connectivity index (χ4n) is 2.20. The highest BCUT2D eigenvalue weighted by molar-refractivity contribution is 5.72. The number of benzene rings is 2. The van der Waals surface area contributed by atoms with Crippen molar-refractivity contribution < 1.29 is 4.79 Å². The normalized spacial score (nSPS) is 11.8. The number of hydrogen-bond acceptors (Lipinski definition) is 1. The number of carbonyl (C=O) groups is 1. The quantitative estimate of drug-likeness (QED) is 0.871. The molecule has 2 rings (SSSR count). The van der Waals surface area contributed by atoms with Crippen molar-refractivity contribution >= 4 is 5.91 Å². The van der Waals surface area contributed by atoms with Crippen LogP contribution in [0.3, 0.4) is 0 Å². The van der Waals surface area contributed by atoms with E-state index in [-0.39, 0.29) is 5.91 Å². The van der Waals surface area contributed by atoms with Gasteiger partial charge in [-0.05, 0) is 17.5 Å². The van der Waals surface area contributed by atoms with Crippen LogP contribution in [0.4, 0.5) is 0 Å². The minimum absolute atomic E-state index is 0.0222. The van der Waals surface area contributed by atoms with E-state index in [1.54, 1.807) is 6.92 Å². The third-order valence-electron chi connectivity index (χ3n) is 3.19. The molecule has 0 fully saturated rings. The van der Waals surface area contributed by atoms with Gasteiger partial charge in [0, 0.05) is 19.4 Å². The summed E-state index contributed by atoms with van der Waals surface area (Å²) in [7, 11) is 0. The average molecular weight is 253 g/mol. The van der Waals surface area contributed by atoms with Crippen LogP contribution >= 0.6 is 0 Å². The van der Waals surface area contributed by atoms with Crippen molar-refractivity contribution in [2.75, 3.05) is 6.54 Å². The molecule has 2 nitrogen and oxygen atoms in total. The maximum Gasteiger partial charge on any atom is 0.216 e. The first-order chi connectivity index (χ1) is 9.25. The molecule has 0 aromatic heterocycles. The summed E-state index contributed by atoms with van der Waals surface area (Å²) in [5.74, 6) is 0.335. The lowest BCUT2D eigenvalue weighted by Gasteiger charge is -2.18. The second-order valence-corrected chi connectivity index (χ2v) is 4.73. The molecule has 0 spiro atoms. The van der Waals surface area contributed by atoms with Gasteiger partial charge in [-0.3, -0.25) is 4.79 Å². The van der Waals surface area contributed by atoms with Gasteiger partial charge in [-0.15, -0.1) is 0 Å². The summed E-state index contributed by atoms with van der Waals surface area (Å²) in [4.78, 5) is 11.1. The van der Waals surface area contributed by atoms with Crippen LogP contribution in [0, 0.1) is 0 Å². The Hall–Kier alpha value is -2.09. The summed E-state index contributed by atoms with van der Waals surface area (Å²) in [6, 6.07) is 20.7. The van der Waals surface area contributed by atoms with Crippen molar-refractivity contribution in [3.63, 3.8) is 0 Å². The third-order valence-corrected chi connectivity index (χ3v) is 3.19. The van der Waals surface area contributed by atoms with E-state index in [0.717, 1.165) is 6.42 Å². The average Bonchev–Trinajstić information content (AvgIpc) is 2.45. The first-order valence-corrected chi connectivity index (χ1v) is 6.59. The van der Waals surface area contributed by atoms with E-state index in [4.69, 9.17) is 0 Å². The molecule has 0 radical (unpaired) electrons. The molecule has 2 heteroatoms. The summed E-state index contributed by atoms with van der Waals surface area (Å²) >= 11 is 0. The fourth-order valence-corrected chi connectivity index (χ4v) is 2.20. The monoisotopic (exact) mass is 253 g/mol. The molecule has 0 bridgehead atoms. The van der Waals surface area contributed by atoms with Crippen LogP contribution in [-0.4, -0.2) is 12.5 Å². The predicted octanol–water partition coefficient (Wildman–Crippen LogP) is 3.15. The van der Waals surface area contributed by atoms with Gasteiger partial charge in [0.25, 0.3) is 0 Å². The Morgan fingerprint density at radius 3 is 2.16 bits per heavy atom. The highest BCUT2D eigenvalue weighted by atomic mass is 16.1. The maximum absolute atomic E-state index is 11.1. The fraction of sp³-hybridized carbons (Fsp3) is 0.235. The summed E-state index contributed by atoms with van der Waals surface area (Å²) in [6.07, 6.45) is 0.936. The Kier molecular flexibility index (Phi) is 4.73. The Labute approximate surface area is 114 Å². The molecule has 1 atom stereocenters. The number of rotatable bonds is 5. The van der Waals surface area contributed by atoms with Crippen molar-refractivity contribution in [2.45, 2.75) is 19.3 Å². The van der Waals surface area contributed by atoms with E-state index in [1.807, 2.05) is 24.3 Å². The van der Waals surface area contributed by atoms with Crippen molar-refractivity contribution in [2.24, 2.45) is 0 Å². The van der Waals surface area contributed by atoms with E-state index in [9.17, 15) is 4.79 Å². The zero-order valence-corrected chi connectivity index (χ0v) is 11.2. The number of carbonyl (C=O) groups excluding carboxylic acids is 1. The lowest BCUT2D eigenvalue weighted by atomic mass is 9.92. The summed E-state index contributed by atoms with van der Waals surface area (Å²) in [5, 5.41) is 2.93. The molecule has 1 N–H and O–H groups in total. The second-order valence-electron chi connectivity index (χ2n) is 4.73. The molecule has 0 heterocycles. The highest BCUT2D eigenvalue weighted by Crippen LogP contribution is 2.20. The number of amides is 1. The van der Waals surface area contributed by atoms with Crippen molar-refractivity contribution in [3.05, 3.63) is 71.8 Å². The molecule has 0 aliphatic heterocycles. The summed E-state index contributed by atoms with van der Waals surface area (Å²) in [6.45, 7) is 2.23. The standard InChI is InChI=1S/C17H19NO/c1-14(19)18-13-17(16-10-6-3-7-11-16)12-15-8-4-2-5-9-15/h2-11,17H,12-13H2,1H3,(H,18,19)/t17-/m1/s1. The molecule has 98 valence electrons. The van der Waals surface area contributed by atoms with Crippen LogP contribution in [0.5, 0.6) is 0 Å². The molecule has 1 amide bonds. The van der Waals surface area contributed by atoms with Crippen molar-refractivity contribution in [1.82, 2.24) is 5.32 Å². The van der Waals surface area contributed by atoms with E-state index < -0.39 is 0 Å². The lowest BCUT2D eigenvalue weighted by Crippen LogP contribution is -2.27. The molecule has 2 aromatic carbocycles. The molecule has 0 saturated heterocycles. The van der Waals surface area contributed by atoms with Crippen molar-refractivity contribution in [1.29, 1.82) is 0 Å². The van der Waals surface area contributed by atoms with Gasteiger partial charge < -0.3 is 5.32 Å². The van der Waals surface area contributed by atoms with E-state index in [1.165, 1.54) is 11.1 Å². The first kappa shape index (κ1) is 13.3. The van der Waals surface area contributed by atoms with Crippen LogP contribution in [-0.2, 0) is 11.2 Å². The Morgan fingerprint density at radius 1 is 1.00 bits per heavy atom. The maximum atomic E-state index is 11.1. The molecule has 0 saturated carbocycles. The SMILES string of the molecule is CC(=O)NC[C@@H](Cc1ccccc1)c1ccccc1. The number of nitrogens with one attached hydrogen (secondary N) is 1. The minimum Gasteiger partial charge on any atom is -0.356 e. The zero-order chi connectivity index (χ0) is 13.5. The lowest BCUT2D eigenvalue weighted by molar-refractivity contribution is -0.119. The van der Waals surface area contributed by atoms with Gasteiger partial charge in [0.05, 0.1) is 0 Å². The molecule has 0 aliphatic rings. The summed E-state index contributed by atoms with van der Waals surface area (Å²) in [5.41, 5.74) is 2.56. The number of hydrogen-bond donors (Lipinski definition) is 1. The van der Waals surface area contributed by atoms with Gasteiger partial charge in [0.15, 0.2) is 0 Å². The van der Waals surface area contributed by atoms with Crippen LogP contribution in [0.25, 0.3) is 0 Å². The van der Waals surface area contributed by atoms with Crippen molar-refractivity contribution in [3.8, 4) is 0 Å². The Morgan fingerprint density at radius 2 is 1.58 bits per heavy atom. The third kappa shape index (κ3) is 4.25. The van der Waals surface area contributed by atoms with Gasteiger partial charge in [-0.1, -0.05) is 60.7 Å². The first-order valence-electron chi connectivity index (χ1n) is 6.59. The summed E-state index contributed by atoms with van der Waals surface area (Å²) < 4.78 is 0. The van der Waals surface area contributed by atoms with Gasteiger partial charge in [-0.25, -0.2) is 0 Å². The Bertz CT molecular complexity index is 507. The van der Waals surface area contributed by atoms with Crippen LogP contribution < -0.4 is 5.32 Å². The van der Waals surface area contributed by atoms with Crippen LogP contribution in [0.2, 0.25) is 0 Å². The molecule has 0 aliphatic carbocycles. The van der Waals surface area contributed by atoms with Gasteiger partial charge in [0.1, 0.15) is 0 Å². The van der Waals surface area contributed by atoms with E-state index in [2.05, 4.69) is 41.7 Å². The molecule has 19 heavy (non-hydrogen) atoms. The highest BCUT2D eigenvalue weighted by Gasteiger charge is 2.12. The van der Waals surface area contributed by atoms with Gasteiger partial charge >= 0.3 is 0 Å². The largest absolute Gasteiger partial charge is 0.356 e. The topological polar surface area (TPSA) is 29.1 Å². The van der Waals surface area contributed by atoms with Crippen LogP contribution in [0.1, 0.15) is 24.0 Å². The zero-order valence-electron chi connectivity index (χ0n) is 11.2. The van der Waals surface area contributed by atoms with E-state index >= 15 is 0 Å². The molecule has 0 unspecified atom stereocenters. The molecular formula is C17H19NO. The smallest absolute Gasteiger partial charge is 0.216 e. The van der Waals surface area contributed by atoms with Gasteiger partial charge in [-0.2, -0.15) is 0 Å². The second kappa shape index (κ2) is 6.74. The Balaban J connectivity index is 2.12.